The van der Waals surface area contributed by atoms with Gasteiger partial charge in [0.2, 0.25) is 0 Å². The van der Waals surface area contributed by atoms with E-state index in [1.54, 1.807) is 30.6 Å². The Morgan fingerprint density at radius 3 is 2.79 bits per heavy atom. The van der Waals surface area contributed by atoms with Crippen LogP contribution < -0.4 is 5.32 Å². The number of thiophene rings is 1. The summed E-state index contributed by atoms with van der Waals surface area (Å²) in [6.45, 7) is 2.41. The second-order valence-corrected chi connectivity index (χ2v) is 9.00. The molecule has 1 N–H and O–H groups in total. The fourth-order valence-corrected chi connectivity index (χ4v) is 5.86. The third-order valence-corrected chi connectivity index (χ3v) is 7.02. The summed E-state index contributed by atoms with van der Waals surface area (Å²) >= 11 is 1.57. The molecule has 4 heterocycles. The van der Waals surface area contributed by atoms with E-state index in [0.717, 1.165) is 48.9 Å². The first kappa shape index (κ1) is 19.8. The van der Waals surface area contributed by atoms with Gasteiger partial charge in [-0.3, -0.25) is 14.7 Å². The summed E-state index contributed by atoms with van der Waals surface area (Å²) in [6.07, 6.45) is -0.504. The van der Waals surface area contributed by atoms with E-state index in [2.05, 4.69) is 9.88 Å². The zero-order chi connectivity index (χ0) is 22.7. The summed E-state index contributed by atoms with van der Waals surface area (Å²) in [4.78, 5) is 23.1. The van der Waals surface area contributed by atoms with Crippen LogP contribution in [-0.2, 0) is 11.3 Å². The second kappa shape index (κ2) is 7.36. The molecule has 5 aromatic rings. The van der Waals surface area contributed by atoms with E-state index in [0.29, 0.717) is 12.2 Å². The van der Waals surface area contributed by atoms with Gasteiger partial charge >= 0.3 is 0 Å². The molecule has 0 aliphatic carbocycles. The molecule has 1 atom stereocenters. The summed E-state index contributed by atoms with van der Waals surface area (Å²) in [6, 6.07) is 16.7. The highest BCUT2D eigenvalue weighted by Gasteiger charge is 2.35. The third-order valence-electron chi connectivity index (χ3n) is 5.94. The summed E-state index contributed by atoms with van der Waals surface area (Å²) in [5.74, 6) is 0.775. The van der Waals surface area contributed by atoms with Gasteiger partial charge in [-0.15, -0.1) is 11.3 Å². The Morgan fingerprint density at radius 2 is 1.97 bits per heavy atom. The maximum atomic E-state index is 11.9. The molecule has 0 amide bonds. The Bertz CT molecular complexity index is 1570. The number of para-hydroxylation sites is 3. The number of aromatic nitrogens is 3. The number of fused-ring (bicyclic) bond motifs is 7. The first-order valence-electron chi connectivity index (χ1n) is 10.5. The van der Waals surface area contributed by atoms with Crippen LogP contribution in [0.3, 0.4) is 0 Å². The number of aryl methyl sites for hydroxylation is 1. The Morgan fingerprint density at radius 1 is 1.18 bits per heavy atom. The van der Waals surface area contributed by atoms with Crippen LogP contribution in [0.5, 0.6) is 0 Å². The van der Waals surface area contributed by atoms with Crippen molar-refractivity contribution in [1.29, 1.82) is 0 Å². The third kappa shape index (κ3) is 2.93. The van der Waals surface area contributed by atoms with Crippen LogP contribution in [-0.4, -0.2) is 26.6 Å². The van der Waals surface area contributed by atoms with E-state index < -0.39 is 6.17 Å². The Kier molecular flexibility index (Phi) is 4.42. The number of benzene rings is 2. The molecule has 0 spiro atoms. The number of nitrogens with one attached hydrogen (secondary N) is 1. The molecule has 2 aromatic carbocycles. The Labute approximate surface area is 192 Å². The van der Waals surface area contributed by atoms with Gasteiger partial charge in [0.1, 0.15) is 11.0 Å². The van der Waals surface area contributed by atoms with Crippen molar-refractivity contribution < 1.29 is 9.66 Å². The predicted molar refractivity (Wildman–Crippen MR) is 129 cm³/mol. The van der Waals surface area contributed by atoms with Crippen LogP contribution in [0.2, 0.25) is 0 Å². The van der Waals surface area contributed by atoms with E-state index in [4.69, 9.17) is 14.7 Å². The molecule has 0 saturated carbocycles. The molecule has 1 aliphatic rings. The topological polar surface area (TPSA) is 95.1 Å². The molecule has 0 bridgehead atoms. The van der Waals surface area contributed by atoms with Crippen molar-refractivity contribution in [3.63, 3.8) is 0 Å². The van der Waals surface area contributed by atoms with Crippen molar-refractivity contribution in [2.24, 2.45) is 0 Å². The SMILES string of the molecule is COCc1cc(C)nc2sc3c(c12)N[C@@H](c1ccccc1[N+](=O)[O-])n1c-3nc2ccccc21. The molecule has 0 fully saturated rings. The molecule has 164 valence electrons. The van der Waals surface area contributed by atoms with Crippen LogP contribution in [0.1, 0.15) is 23.0 Å². The zero-order valence-corrected chi connectivity index (χ0v) is 18.7. The fraction of sp³-hybridized carbons (Fsp3) is 0.167. The Balaban J connectivity index is 1.70. The summed E-state index contributed by atoms with van der Waals surface area (Å²) < 4.78 is 7.52. The molecule has 33 heavy (non-hydrogen) atoms. The minimum absolute atomic E-state index is 0.0628. The van der Waals surface area contributed by atoms with Gasteiger partial charge in [-0.1, -0.05) is 24.3 Å². The number of methoxy groups -OCH3 is 1. The van der Waals surface area contributed by atoms with E-state index >= 15 is 0 Å². The smallest absolute Gasteiger partial charge is 0.276 e. The second-order valence-electron chi connectivity index (χ2n) is 8.00. The van der Waals surface area contributed by atoms with Gasteiger partial charge in [0.05, 0.1) is 38.7 Å². The van der Waals surface area contributed by atoms with E-state index in [-0.39, 0.29) is 10.6 Å². The molecular formula is C24H19N5O3S. The van der Waals surface area contributed by atoms with Crippen molar-refractivity contribution in [2.75, 3.05) is 12.4 Å². The van der Waals surface area contributed by atoms with Crippen LogP contribution in [0.15, 0.2) is 54.6 Å². The van der Waals surface area contributed by atoms with Gasteiger partial charge in [-0.05, 0) is 36.8 Å². The van der Waals surface area contributed by atoms with Gasteiger partial charge in [-0.2, -0.15) is 0 Å². The minimum atomic E-state index is -0.504. The van der Waals surface area contributed by atoms with Crippen molar-refractivity contribution in [3.8, 4) is 10.7 Å². The summed E-state index contributed by atoms with van der Waals surface area (Å²) in [5, 5.41) is 16.5. The van der Waals surface area contributed by atoms with E-state index in [1.165, 1.54) is 6.07 Å². The van der Waals surface area contributed by atoms with E-state index in [1.807, 2.05) is 43.3 Å². The van der Waals surface area contributed by atoms with Crippen molar-refractivity contribution in [3.05, 3.63) is 81.5 Å². The van der Waals surface area contributed by atoms with Crippen LogP contribution in [0, 0.1) is 17.0 Å². The number of nitro groups is 1. The lowest BCUT2D eigenvalue weighted by Crippen LogP contribution is -2.25. The van der Waals surface area contributed by atoms with Crippen LogP contribution in [0.4, 0.5) is 11.4 Å². The zero-order valence-electron chi connectivity index (χ0n) is 17.9. The highest BCUT2D eigenvalue weighted by Crippen LogP contribution is 2.50. The predicted octanol–water partition coefficient (Wildman–Crippen LogP) is 5.65. The molecule has 3 aromatic heterocycles. The standard InChI is InChI=1S/C24H19N5O3S/c1-13-11-14(12-32-2)19-20-21(33-24(19)25-13)23-26-16-8-4-6-10-18(16)28(23)22(27-20)15-7-3-5-9-17(15)29(30)31/h3-11,22,27H,12H2,1-2H3/t22-/m1/s1. The first-order valence-corrected chi connectivity index (χ1v) is 11.3. The average Bonchev–Trinajstić information content (AvgIpc) is 3.37. The number of imidazole rings is 1. The lowest BCUT2D eigenvalue weighted by molar-refractivity contribution is -0.385. The van der Waals surface area contributed by atoms with Gasteiger partial charge in [0.25, 0.3) is 5.69 Å². The molecule has 8 nitrogen and oxygen atoms in total. The number of ether oxygens (including phenoxy) is 1. The molecule has 9 heteroatoms. The van der Waals surface area contributed by atoms with Gasteiger partial charge in [0, 0.05) is 24.3 Å². The highest BCUT2D eigenvalue weighted by atomic mass is 32.1. The maximum Gasteiger partial charge on any atom is 0.276 e. The maximum absolute atomic E-state index is 11.9. The number of pyridine rings is 1. The number of hydrogen-bond acceptors (Lipinski definition) is 7. The number of nitrogens with zero attached hydrogens (tertiary/aromatic N) is 4. The number of hydrogen-bond donors (Lipinski definition) is 1. The lowest BCUT2D eigenvalue weighted by atomic mass is 10.1. The molecule has 6 rings (SSSR count). The number of nitro benzene ring substituents is 1. The normalized spacial score (nSPS) is 14.8. The number of rotatable bonds is 4. The van der Waals surface area contributed by atoms with Gasteiger partial charge < -0.3 is 10.1 Å². The largest absolute Gasteiger partial charge is 0.380 e. The summed E-state index contributed by atoms with van der Waals surface area (Å²) in [7, 11) is 1.67. The van der Waals surface area contributed by atoms with Crippen LogP contribution in [0.25, 0.3) is 32.0 Å². The van der Waals surface area contributed by atoms with Crippen molar-refractivity contribution in [1.82, 2.24) is 14.5 Å². The first-order chi connectivity index (χ1) is 16.1. The van der Waals surface area contributed by atoms with E-state index in [9.17, 15) is 10.1 Å². The quantitative estimate of drug-likeness (QED) is 0.277. The average molecular weight is 458 g/mol. The molecule has 1 aliphatic heterocycles. The Hall–Kier alpha value is -3.82. The van der Waals surface area contributed by atoms with Gasteiger partial charge in [-0.25, -0.2) is 9.97 Å². The molecule has 0 radical (unpaired) electrons. The van der Waals surface area contributed by atoms with Crippen LogP contribution >= 0.6 is 11.3 Å². The highest BCUT2D eigenvalue weighted by molar-refractivity contribution is 7.22. The molecule has 0 saturated heterocycles. The number of anilines is 1. The summed E-state index contributed by atoms with van der Waals surface area (Å²) in [5.41, 5.74) is 5.21. The molecular weight excluding hydrogens is 438 g/mol. The van der Waals surface area contributed by atoms with Crippen molar-refractivity contribution >= 4 is 44.0 Å². The fourth-order valence-electron chi connectivity index (χ4n) is 4.65. The van der Waals surface area contributed by atoms with Gasteiger partial charge in [0.15, 0.2) is 5.82 Å². The van der Waals surface area contributed by atoms with Crippen molar-refractivity contribution in [2.45, 2.75) is 19.7 Å². The monoisotopic (exact) mass is 457 g/mol. The lowest BCUT2D eigenvalue weighted by Gasteiger charge is -2.28. The minimum Gasteiger partial charge on any atom is -0.380 e. The molecule has 0 unspecified atom stereocenters.